The molecule has 1 aliphatic heterocycles. The highest BCUT2D eigenvalue weighted by molar-refractivity contribution is 7.92. The maximum absolute atomic E-state index is 12.9. The van der Waals surface area contributed by atoms with Crippen LogP contribution in [0.25, 0.3) is 0 Å². The van der Waals surface area contributed by atoms with Crippen molar-refractivity contribution in [2.75, 3.05) is 17.1 Å². The lowest BCUT2D eigenvalue weighted by molar-refractivity contribution is 0.0752. The fraction of sp³-hybridized carbons (Fsp3) is 0.350. The number of hydrogen-bond acceptors (Lipinski definition) is 3. The van der Waals surface area contributed by atoms with Gasteiger partial charge in [0.25, 0.3) is 5.91 Å². The SMILES string of the molecule is CCN(Cc1ccccc1)C(=O)c1ccc2c(c1)C[C@@H](C)N2S(C)(=O)=O. The van der Waals surface area contributed by atoms with E-state index in [1.165, 1.54) is 10.6 Å². The van der Waals surface area contributed by atoms with Crippen molar-refractivity contribution in [3.8, 4) is 0 Å². The number of hydrogen-bond donors (Lipinski definition) is 0. The fourth-order valence-corrected chi connectivity index (χ4v) is 4.82. The lowest BCUT2D eigenvalue weighted by atomic mass is 10.1. The van der Waals surface area contributed by atoms with Crippen molar-refractivity contribution in [1.29, 1.82) is 0 Å². The Labute approximate surface area is 155 Å². The summed E-state index contributed by atoms with van der Waals surface area (Å²) in [6.45, 7) is 5.01. The third kappa shape index (κ3) is 3.60. The Bertz CT molecular complexity index is 910. The van der Waals surface area contributed by atoms with Crippen LogP contribution in [0.5, 0.6) is 0 Å². The molecule has 1 amide bonds. The molecule has 0 N–H and O–H groups in total. The van der Waals surface area contributed by atoms with E-state index in [0.29, 0.717) is 30.8 Å². The van der Waals surface area contributed by atoms with Crippen LogP contribution in [0.1, 0.15) is 35.3 Å². The smallest absolute Gasteiger partial charge is 0.254 e. The molecular weight excluding hydrogens is 348 g/mol. The van der Waals surface area contributed by atoms with Gasteiger partial charge in [0.2, 0.25) is 10.0 Å². The molecule has 0 radical (unpaired) electrons. The van der Waals surface area contributed by atoms with Crippen LogP contribution in [0.15, 0.2) is 48.5 Å². The topological polar surface area (TPSA) is 57.7 Å². The van der Waals surface area contributed by atoms with E-state index in [4.69, 9.17) is 0 Å². The van der Waals surface area contributed by atoms with Crippen molar-refractivity contribution in [2.45, 2.75) is 32.9 Å². The second kappa shape index (κ2) is 7.11. The Morgan fingerprint density at radius 1 is 1.19 bits per heavy atom. The summed E-state index contributed by atoms with van der Waals surface area (Å²) in [4.78, 5) is 14.7. The van der Waals surface area contributed by atoms with Crippen LogP contribution in [0.4, 0.5) is 5.69 Å². The Morgan fingerprint density at radius 2 is 1.88 bits per heavy atom. The van der Waals surface area contributed by atoms with Crippen molar-refractivity contribution in [2.24, 2.45) is 0 Å². The molecule has 3 rings (SSSR count). The van der Waals surface area contributed by atoms with Crippen LogP contribution < -0.4 is 4.31 Å². The van der Waals surface area contributed by atoms with E-state index in [2.05, 4.69) is 0 Å². The zero-order valence-electron chi connectivity index (χ0n) is 15.3. The summed E-state index contributed by atoms with van der Waals surface area (Å²) in [5, 5.41) is 0. The number of benzene rings is 2. The molecule has 0 aliphatic carbocycles. The number of nitrogens with zero attached hydrogens (tertiary/aromatic N) is 2. The summed E-state index contributed by atoms with van der Waals surface area (Å²) >= 11 is 0. The van der Waals surface area contributed by atoms with E-state index in [0.717, 1.165) is 11.1 Å². The van der Waals surface area contributed by atoms with E-state index in [9.17, 15) is 13.2 Å². The van der Waals surface area contributed by atoms with Crippen LogP contribution in [0.3, 0.4) is 0 Å². The van der Waals surface area contributed by atoms with Gasteiger partial charge in [0.05, 0.1) is 11.9 Å². The highest BCUT2D eigenvalue weighted by Gasteiger charge is 2.33. The molecule has 0 spiro atoms. The van der Waals surface area contributed by atoms with Gasteiger partial charge in [0, 0.05) is 24.7 Å². The molecular formula is C20H24N2O3S. The lowest BCUT2D eigenvalue weighted by Crippen LogP contribution is -2.34. The molecule has 1 atom stereocenters. The molecule has 2 aromatic rings. The average Bonchev–Trinajstić information content (AvgIpc) is 2.95. The maximum atomic E-state index is 12.9. The normalized spacial score (nSPS) is 16.4. The minimum absolute atomic E-state index is 0.0374. The molecule has 6 heteroatoms. The summed E-state index contributed by atoms with van der Waals surface area (Å²) < 4.78 is 25.5. The van der Waals surface area contributed by atoms with Crippen LogP contribution in [-0.2, 0) is 23.0 Å². The minimum Gasteiger partial charge on any atom is -0.335 e. The molecule has 0 fully saturated rings. The van der Waals surface area contributed by atoms with Crippen molar-refractivity contribution in [3.05, 3.63) is 65.2 Å². The van der Waals surface area contributed by atoms with Gasteiger partial charge in [-0.1, -0.05) is 30.3 Å². The molecule has 0 saturated heterocycles. The maximum Gasteiger partial charge on any atom is 0.254 e. The van der Waals surface area contributed by atoms with Crippen molar-refractivity contribution in [3.63, 3.8) is 0 Å². The highest BCUT2D eigenvalue weighted by Crippen LogP contribution is 2.35. The van der Waals surface area contributed by atoms with Gasteiger partial charge in [0.1, 0.15) is 0 Å². The largest absolute Gasteiger partial charge is 0.335 e. The highest BCUT2D eigenvalue weighted by atomic mass is 32.2. The Morgan fingerprint density at radius 3 is 2.50 bits per heavy atom. The number of carbonyl (C=O) groups is 1. The van der Waals surface area contributed by atoms with Gasteiger partial charge < -0.3 is 4.90 Å². The molecule has 1 aliphatic rings. The minimum atomic E-state index is -3.32. The van der Waals surface area contributed by atoms with E-state index in [-0.39, 0.29) is 11.9 Å². The van der Waals surface area contributed by atoms with Crippen LogP contribution in [0.2, 0.25) is 0 Å². The number of carbonyl (C=O) groups excluding carboxylic acids is 1. The van der Waals surface area contributed by atoms with Gasteiger partial charge in [-0.15, -0.1) is 0 Å². The van der Waals surface area contributed by atoms with Crippen molar-refractivity contribution in [1.82, 2.24) is 4.90 Å². The number of fused-ring (bicyclic) bond motifs is 1. The first-order valence-corrected chi connectivity index (χ1v) is 10.6. The lowest BCUT2D eigenvalue weighted by Gasteiger charge is -2.23. The van der Waals surface area contributed by atoms with E-state index >= 15 is 0 Å². The standard InChI is InChI=1S/C20H24N2O3S/c1-4-21(14-16-8-6-5-7-9-16)20(23)17-10-11-19-18(13-17)12-15(2)22(19)26(3,24)25/h5-11,13,15H,4,12,14H2,1-3H3/t15-/m1/s1. The van der Waals surface area contributed by atoms with Crippen LogP contribution in [0, 0.1) is 0 Å². The van der Waals surface area contributed by atoms with Crippen LogP contribution in [-0.4, -0.2) is 38.1 Å². The second-order valence-electron chi connectivity index (χ2n) is 6.76. The molecule has 0 aromatic heterocycles. The molecule has 0 unspecified atom stereocenters. The number of anilines is 1. The number of rotatable bonds is 5. The second-order valence-corrected chi connectivity index (χ2v) is 8.62. The van der Waals surface area contributed by atoms with E-state index in [1.807, 2.05) is 50.2 Å². The summed E-state index contributed by atoms with van der Waals surface area (Å²) in [7, 11) is -3.32. The third-order valence-corrected chi connectivity index (χ3v) is 5.99. The molecule has 26 heavy (non-hydrogen) atoms. The van der Waals surface area contributed by atoms with Gasteiger partial charge in [-0.25, -0.2) is 8.42 Å². The molecule has 2 aromatic carbocycles. The number of amides is 1. The first-order chi connectivity index (χ1) is 12.3. The predicted octanol–water partition coefficient (Wildman–Crippen LogP) is 3.06. The summed E-state index contributed by atoms with van der Waals surface area (Å²) in [6, 6.07) is 15.1. The molecule has 1 heterocycles. The van der Waals surface area contributed by atoms with Crippen molar-refractivity contribution >= 4 is 21.6 Å². The number of sulfonamides is 1. The molecule has 0 bridgehead atoms. The molecule has 5 nitrogen and oxygen atoms in total. The third-order valence-electron chi connectivity index (χ3n) is 4.72. The van der Waals surface area contributed by atoms with Gasteiger partial charge in [-0.2, -0.15) is 0 Å². The predicted molar refractivity (Wildman–Crippen MR) is 104 cm³/mol. The van der Waals surface area contributed by atoms with E-state index < -0.39 is 10.0 Å². The quantitative estimate of drug-likeness (QED) is 0.810. The monoisotopic (exact) mass is 372 g/mol. The fourth-order valence-electron chi connectivity index (χ4n) is 3.55. The van der Waals surface area contributed by atoms with Crippen molar-refractivity contribution < 1.29 is 13.2 Å². The Hall–Kier alpha value is -2.34. The van der Waals surface area contributed by atoms with Gasteiger partial charge in [-0.05, 0) is 49.6 Å². The van der Waals surface area contributed by atoms with E-state index in [1.54, 1.807) is 17.0 Å². The zero-order valence-corrected chi connectivity index (χ0v) is 16.2. The van der Waals surface area contributed by atoms with Gasteiger partial charge in [0.15, 0.2) is 0 Å². The van der Waals surface area contributed by atoms with Crippen LogP contribution >= 0.6 is 0 Å². The first-order valence-electron chi connectivity index (χ1n) is 8.76. The summed E-state index contributed by atoms with van der Waals surface area (Å²) in [6.07, 6.45) is 1.84. The first kappa shape index (κ1) is 18.5. The molecule has 0 saturated carbocycles. The summed E-state index contributed by atoms with van der Waals surface area (Å²) in [5.41, 5.74) is 3.28. The molecule has 138 valence electrons. The van der Waals surface area contributed by atoms with Gasteiger partial charge in [-0.3, -0.25) is 9.10 Å². The Kier molecular flexibility index (Phi) is 5.05. The Balaban J connectivity index is 1.86. The zero-order chi connectivity index (χ0) is 18.9. The average molecular weight is 372 g/mol. The van der Waals surface area contributed by atoms with Gasteiger partial charge >= 0.3 is 0 Å². The summed E-state index contributed by atoms with van der Waals surface area (Å²) in [5.74, 6) is -0.0374.